The molecule has 1 aliphatic rings. The predicted octanol–water partition coefficient (Wildman–Crippen LogP) is 3.57. The van der Waals surface area contributed by atoms with Crippen molar-refractivity contribution in [1.82, 2.24) is 9.62 Å². The quantitative estimate of drug-likeness (QED) is 0.639. The average molecular weight is 439 g/mol. The van der Waals surface area contributed by atoms with E-state index >= 15 is 0 Å². The second-order valence-corrected chi connectivity index (χ2v) is 9.71. The van der Waals surface area contributed by atoms with Crippen LogP contribution in [0, 0.1) is 5.92 Å². The van der Waals surface area contributed by atoms with E-state index in [1.165, 1.54) is 23.5 Å². The zero-order valence-corrected chi connectivity index (χ0v) is 18.3. The molecule has 1 amide bonds. The van der Waals surface area contributed by atoms with Gasteiger partial charge in [-0.3, -0.25) is 4.79 Å². The number of amides is 1. The van der Waals surface area contributed by atoms with E-state index in [4.69, 9.17) is 4.74 Å². The maximum Gasteiger partial charge on any atom is 0.243 e. The van der Waals surface area contributed by atoms with Crippen LogP contribution in [-0.2, 0) is 21.4 Å². The third-order valence-corrected chi connectivity index (χ3v) is 7.61. The molecule has 0 aliphatic carbocycles. The second kappa shape index (κ2) is 9.08. The van der Waals surface area contributed by atoms with Gasteiger partial charge >= 0.3 is 0 Å². The first-order valence-corrected chi connectivity index (χ1v) is 11.8. The molecule has 1 fully saturated rings. The molecule has 0 aromatic heterocycles. The maximum atomic E-state index is 13.0. The summed E-state index contributed by atoms with van der Waals surface area (Å²) in [5.41, 5.74) is 1.02. The highest BCUT2D eigenvalue weighted by molar-refractivity contribution is 7.89. The zero-order valence-electron chi connectivity index (χ0n) is 17.5. The topological polar surface area (TPSA) is 75.7 Å². The Labute approximate surface area is 182 Å². The summed E-state index contributed by atoms with van der Waals surface area (Å²) in [6, 6.07) is 20.5. The fourth-order valence-corrected chi connectivity index (χ4v) is 5.48. The van der Waals surface area contributed by atoms with Crippen LogP contribution in [0.2, 0.25) is 0 Å². The summed E-state index contributed by atoms with van der Waals surface area (Å²) >= 11 is 0. The van der Waals surface area contributed by atoms with Crippen molar-refractivity contribution in [2.45, 2.75) is 24.3 Å². The summed E-state index contributed by atoms with van der Waals surface area (Å²) < 4.78 is 32.5. The molecule has 3 aromatic rings. The standard InChI is InChI=1S/C24H26N2O4S/c1-30-22-10-12-23(13-11-22)31(28,29)26-14-4-7-21(17-26)24(27)25-16-18-8-9-19-5-2-3-6-20(19)15-18/h2-3,5-6,8-13,15,21H,4,7,14,16-17H2,1H3,(H,25,27). The highest BCUT2D eigenvalue weighted by Crippen LogP contribution is 2.25. The molecule has 1 atom stereocenters. The summed E-state index contributed by atoms with van der Waals surface area (Å²) in [5.74, 6) is 0.133. The first-order chi connectivity index (χ1) is 15.0. The van der Waals surface area contributed by atoms with Crippen molar-refractivity contribution < 1.29 is 17.9 Å². The average Bonchev–Trinajstić information content (AvgIpc) is 2.82. The van der Waals surface area contributed by atoms with Crippen molar-refractivity contribution >= 4 is 26.7 Å². The molecule has 1 saturated heterocycles. The van der Waals surface area contributed by atoms with Crippen molar-refractivity contribution in [3.63, 3.8) is 0 Å². The number of ether oxygens (including phenoxy) is 1. The summed E-state index contributed by atoms with van der Waals surface area (Å²) in [5, 5.41) is 5.27. The van der Waals surface area contributed by atoms with Crippen molar-refractivity contribution in [1.29, 1.82) is 0 Å². The molecule has 4 rings (SSSR count). The number of nitrogens with zero attached hydrogens (tertiary/aromatic N) is 1. The fraction of sp³-hybridized carbons (Fsp3) is 0.292. The van der Waals surface area contributed by atoms with Gasteiger partial charge in [0.05, 0.1) is 17.9 Å². The Bertz CT molecular complexity index is 1180. The molecule has 0 bridgehead atoms. The van der Waals surface area contributed by atoms with E-state index in [2.05, 4.69) is 17.4 Å². The number of sulfonamides is 1. The summed E-state index contributed by atoms with van der Waals surface area (Å²) in [6.07, 6.45) is 1.33. The number of piperidine rings is 1. The first-order valence-electron chi connectivity index (χ1n) is 10.4. The Morgan fingerprint density at radius 2 is 1.81 bits per heavy atom. The number of methoxy groups -OCH3 is 1. The summed E-state index contributed by atoms with van der Waals surface area (Å²) in [6.45, 7) is 1.03. The van der Waals surface area contributed by atoms with Gasteiger partial charge in [0.2, 0.25) is 15.9 Å². The van der Waals surface area contributed by atoms with Gasteiger partial charge in [0.15, 0.2) is 0 Å². The maximum absolute atomic E-state index is 13.0. The molecule has 31 heavy (non-hydrogen) atoms. The molecule has 0 saturated carbocycles. The van der Waals surface area contributed by atoms with Crippen LogP contribution in [0.5, 0.6) is 5.75 Å². The SMILES string of the molecule is COc1ccc(S(=O)(=O)N2CCCC(C(=O)NCc3ccc4ccccc4c3)C2)cc1. The van der Waals surface area contributed by atoms with Gasteiger partial charge in [-0.25, -0.2) is 8.42 Å². The minimum atomic E-state index is -3.65. The van der Waals surface area contributed by atoms with Crippen molar-refractivity contribution in [2.24, 2.45) is 5.92 Å². The Morgan fingerprint density at radius 1 is 1.06 bits per heavy atom. The van der Waals surface area contributed by atoms with Crippen LogP contribution < -0.4 is 10.1 Å². The van der Waals surface area contributed by atoms with Gasteiger partial charge < -0.3 is 10.1 Å². The smallest absolute Gasteiger partial charge is 0.243 e. The minimum Gasteiger partial charge on any atom is -0.497 e. The van der Waals surface area contributed by atoms with E-state index in [-0.39, 0.29) is 23.3 Å². The van der Waals surface area contributed by atoms with E-state index in [0.29, 0.717) is 31.7 Å². The molecule has 3 aromatic carbocycles. The Balaban J connectivity index is 1.40. The van der Waals surface area contributed by atoms with E-state index in [9.17, 15) is 13.2 Å². The molecule has 1 N–H and O–H groups in total. The van der Waals surface area contributed by atoms with Crippen molar-refractivity contribution in [3.05, 3.63) is 72.3 Å². The van der Waals surface area contributed by atoms with E-state index in [1.54, 1.807) is 12.1 Å². The van der Waals surface area contributed by atoms with Crippen molar-refractivity contribution in [2.75, 3.05) is 20.2 Å². The van der Waals surface area contributed by atoms with Crippen LogP contribution >= 0.6 is 0 Å². The van der Waals surface area contributed by atoms with Crippen LogP contribution in [0.3, 0.4) is 0 Å². The molecule has 6 nitrogen and oxygen atoms in total. The lowest BCUT2D eigenvalue weighted by Gasteiger charge is -2.31. The Hall–Kier alpha value is -2.90. The molecule has 1 unspecified atom stereocenters. The number of hydrogen-bond donors (Lipinski definition) is 1. The minimum absolute atomic E-state index is 0.109. The number of carbonyl (C=O) groups is 1. The lowest BCUT2D eigenvalue weighted by molar-refractivity contribution is -0.126. The van der Waals surface area contributed by atoms with Crippen LogP contribution in [0.25, 0.3) is 10.8 Å². The molecular weight excluding hydrogens is 412 g/mol. The van der Waals surface area contributed by atoms with E-state index < -0.39 is 10.0 Å². The number of hydrogen-bond acceptors (Lipinski definition) is 4. The molecule has 0 spiro atoms. The summed E-state index contributed by atoms with van der Waals surface area (Å²) in [7, 11) is -2.11. The first kappa shape index (κ1) is 21.3. The number of rotatable bonds is 6. The van der Waals surface area contributed by atoms with Crippen LogP contribution in [0.4, 0.5) is 0 Å². The van der Waals surface area contributed by atoms with E-state index in [1.807, 2.05) is 30.3 Å². The molecule has 162 valence electrons. The van der Waals surface area contributed by atoms with Gasteiger partial charge in [-0.1, -0.05) is 36.4 Å². The largest absolute Gasteiger partial charge is 0.497 e. The van der Waals surface area contributed by atoms with Gasteiger partial charge in [-0.2, -0.15) is 4.31 Å². The van der Waals surface area contributed by atoms with Gasteiger partial charge in [0.1, 0.15) is 5.75 Å². The fourth-order valence-electron chi connectivity index (χ4n) is 3.95. The van der Waals surface area contributed by atoms with Gasteiger partial charge in [-0.15, -0.1) is 0 Å². The third kappa shape index (κ3) is 4.73. The van der Waals surface area contributed by atoms with E-state index in [0.717, 1.165) is 16.3 Å². The van der Waals surface area contributed by atoms with Gasteiger partial charge in [-0.05, 0) is 59.5 Å². The molecule has 0 radical (unpaired) electrons. The molecule has 1 aliphatic heterocycles. The lowest BCUT2D eigenvalue weighted by atomic mass is 9.98. The monoisotopic (exact) mass is 438 g/mol. The van der Waals surface area contributed by atoms with Crippen LogP contribution in [0.15, 0.2) is 71.6 Å². The Kier molecular flexibility index (Phi) is 6.25. The number of benzene rings is 3. The zero-order chi connectivity index (χ0) is 21.8. The predicted molar refractivity (Wildman–Crippen MR) is 120 cm³/mol. The van der Waals surface area contributed by atoms with Crippen molar-refractivity contribution in [3.8, 4) is 5.75 Å². The van der Waals surface area contributed by atoms with Crippen LogP contribution in [0.1, 0.15) is 18.4 Å². The highest BCUT2D eigenvalue weighted by Gasteiger charge is 2.33. The number of carbonyl (C=O) groups excluding carboxylic acids is 1. The second-order valence-electron chi connectivity index (χ2n) is 7.78. The number of nitrogens with one attached hydrogen (secondary N) is 1. The van der Waals surface area contributed by atoms with Gasteiger partial charge in [0, 0.05) is 19.6 Å². The van der Waals surface area contributed by atoms with Crippen LogP contribution in [-0.4, -0.2) is 38.8 Å². The summed E-state index contributed by atoms with van der Waals surface area (Å²) in [4.78, 5) is 13.0. The third-order valence-electron chi connectivity index (χ3n) is 5.73. The molecular formula is C24H26N2O4S. The molecule has 7 heteroatoms. The molecule has 1 heterocycles. The lowest BCUT2D eigenvalue weighted by Crippen LogP contribution is -2.45. The number of fused-ring (bicyclic) bond motifs is 1. The highest BCUT2D eigenvalue weighted by atomic mass is 32.2. The normalized spacial score (nSPS) is 17.4. The van der Waals surface area contributed by atoms with Gasteiger partial charge in [0.25, 0.3) is 0 Å². The Morgan fingerprint density at radius 3 is 2.55 bits per heavy atom.